The zero-order valence-corrected chi connectivity index (χ0v) is 12.1. The van der Waals surface area contributed by atoms with Crippen molar-refractivity contribution in [2.45, 2.75) is 12.7 Å². The zero-order valence-electron chi connectivity index (χ0n) is 11.4. The van der Waals surface area contributed by atoms with Crippen LogP contribution in [0.4, 0.5) is 0 Å². The Morgan fingerprint density at radius 3 is 2.40 bits per heavy atom. The Hall–Kier alpha value is -1.55. The molecule has 1 atom stereocenters. The van der Waals surface area contributed by atoms with E-state index in [9.17, 15) is 0 Å². The number of methoxy groups -OCH3 is 1. The second-order valence-corrected chi connectivity index (χ2v) is 4.81. The molecule has 2 rings (SSSR count). The topological polar surface area (TPSA) is 44.5 Å². The van der Waals surface area contributed by atoms with Crippen LogP contribution in [0.15, 0.2) is 48.5 Å². The van der Waals surface area contributed by atoms with E-state index in [1.807, 2.05) is 48.5 Å². The highest BCUT2D eigenvalue weighted by Gasteiger charge is 2.13. The van der Waals surface area contributed by atoms with Gasteiger partial charge in [0, 0.05) is 17.1 Å². The molecule has 0 bridgehead atoms. The maximum Gasteiger partial charge on any atom is 0.118 e. The van der Waals surface area contributed by atoms with E-state index in [-0.39, 0.29) is 6.10 Å². The molecule has 0 saturated carbocycles. The van der Waals surface area contributed by atoms with E-state index in [0.717, 1.165) is 16.9 Å². The molecule has 20 heavy (non-hydrogen) atoms. The Bertz CT molecular complexity index is 542. The standard InChI is InChI=1S/C16H18ClNO2/c1-19-13-8-6-12(7-9-13)11-20-16(10-18)14-4-2-3-5-15(14)17/h2-9,16H,10-11,18H2,1H3. The van der Waals surface area contributed by atoms with Gasteiger partial charge in [-0.3, -0.25) is 0 Å². The summed E-state index contributed by atoms with van der Waals surface area (Å²) < 4.78 is 11.0. The third kappa shape index (κ3) is 3.73. The Morgan fingerprint density at radius 2 is 1.80 bits per heavy atom. The van der Waals surface area contributed by atoms with Crippen LogP contribution in [0, 0.1) is 0 Å². The van der Waals surface area contributed by atoms with Gasteiger partial charge in [0.15, 0.2) is 0 Å². The van der Waals surface area contributed by atoms with Crippen molar-refractivity contribution in [3.05, 3.63) is 64.7 Å². The van der Waals surface area contributed by atoms with Gasteiger partial charge < -0.3 is 15.2 Å². The number of rotatable bonds is 6. The minimum Gasteiger partial charge on any atom is -0.497 e. The van der Waals surface area contributed by atoms with Crippen LogP contribution in [0.3, 0.4) is 0 Å². The van der Waals surface area contributed by atoms with Gasteiger partial charge in [0.2, 0.25) is 0 Å². The van der Waals surface area contributed by atoms with Gasteiger partial charge in [-0.25, -0.2) is 0 Å². The van der Waals surface area contributed by atoms with E-state index < -0.39 is 0 Å². The molecular weight excluding hydrogens is 274 g/mol. The molecule has 0 spiro atoms. The van der Waals surface area contributed by atoms with Crippen molar-refractivity contribution >= 4 is 11.6 Å². The summed E-state index contributed by atoms with van der Waals surface area (Å²) in [7, 11) is 1.65. The van der Waals surface area contributed by atoms with Gasteiger partial charge >= 0.3 is 0 Å². The summed E-state index contributed by atoms with van der Waals surface area (Å²) in [6, 6.07) is 15.4. The van der Waals surface area contributed by atoms with Crippen molar-refractivity contribution in [3.8, 4) is 5.75 Å². The van der Waals surface area contributed by atoms with E-state index in [1.54, 1.807) is 7.11 Å². The molecule has 0 aromatic heterocycles. The van der Waals surface area contributed by atoms with Crippen molar-refractivity contribution in [1.29, 1.82) is 0 Å². The molecule has 0 aliphatic rings. The molecule has 106 valence electrons. The fourth-order valence-corrected chi connectivity index (χ4v) is 2.20. The van der Waals surface area contributed by atoms with Gasteiger partial charge in [0.25, 0.3) is 0 Å². The molecule has 1 unspecified atom stereocenters. The first-order valence-electron chi connectivity index (χ1n) is 6.43. The van der Waals surface area contributed by atoms with E-state index >= 15 is 0 Å². The SMILES string of the molecule is COc1ccc(COC(CN)c2ccccc2Cl)cc1. The summed E-state index contributed by atoms with van der Waals surface area (Å²) in [5.74, 6) is 0.829. The van der Waals surface area contributed by atoms with E-state index in [4.69, 9.17) is 26.8 Å². The summed E-state index contributed by atoms with van der Waals surface area (Å²) in [6.07, 6.45) is -0.203. The Morgan fingerprint density at radius 1 is 1.10 bits per heavy atom. The maximum atomic E-state index is 6.17. The molecule has 2 aromatic rings. The smallest absolute Gasteiger partial charge is 0.118 e. The number of nitrogens with two attached hydrogens (primary N) is 1. The predicted molar refractivity (Wildman–Crippen MR) is 81.0 cm³/mol. The monoisotopic (exact) mass is 291 g/mol. The second-order valence-electron chi connectivity index (χ2n) is 4.40. The largest absolute Gasteiger partial charge is 0.497 e. The van der Waals surface area contributed by atoms with Crippen molar-refractivity contribution in [2.75, 3.05) is 13.7 Å². The fraction of sp³-hybridized carbons (Fsp3) is 0.250. The van der Waals surface area contributed by atoms with E-state index in [1.165, 1.54) is 0 Å². The number of ether oxygens (including phenoxy) is 2. The predicted octanol–water partition coefficient (Wildman–Crippen LogP) is 3.57. The highest BCUT2D eigenvalue weighted by molar-refractivity contribution is 6.31. The third-order valence-corrected chi connectivity index (χ3v) is 3.42. The molecule has 0 radical (unpaired) electrons. The summed E-state index contributed by atoms with van der Waals surface area (Å²) >= 11 is 6.17. The highest BCUT2D eigenvalue weighted by Crippen LogP contribution is 2.25. The lowest BCUT2D eigenvalue weighted by atomic mass is 10.1. The van der Waals surface area contributed by atoms with E-state index in [2.05, 4.69) is 0 Å². The third-order valence-electron chi connectivity index (χ3n) is 3.08. The number of hydrogen-bond acceptors (Lipinski definition) is 3. The normalized spacial score (nSPS) is 12.2. The van der Waals surface area contributed by atoms with Crippen LogP contribution in [0.25, 0.3) is 0 Å². The van der Waals surface area contributed by atoms with Crippen LogP contribution in [0.5, 0.6) is 5.75 Å². The molecule has 0 aliphatic carbocycles. The molecule has 0 saturated heterocycles. The van der Waals surface area contributed by atoms with Crippen molar-refractivity contribution < 1.29 is 9.47 Å². The fourth-order valence-electron chi connectivity index (χ4n) is 1.94. The maximum absolute atomic E-state index is 6.17. The van der Waals surface area contributed by atoms with Crippen LogP contribution in [-0.4, -0.2) is 13.7 Å². The Balaban J connectivity index is 2.02. The van der Waals surface area contributed by atoms with Crippen LogP contribution in [0.1, 0.15) is 17.2 Å². The number of benzene rings is 2. The summed E-state index contributed by atoms with van der Waals surface area (Å²) in [5, 5.41) is 0.678. The molecule has 2 aromatic carbocycles. The second kappa shape index (κ2) is 7.29. The van der Waals surface area contributed by atoms with Gasteiger partial charge in [-0.15, -0.1) is 0 Å². The zero-order chi connectivity index (χ0) is 14.4. The lowest BCUT2D eigenvalue weighted by Crippen LogP contribution is -2.16. The average Bonchev–Trinajstić information content (AvgIpc) is 2.50. The molecule has 0 heterocycles. The van der Waals surface area contributed by atoms with Crippen LogP contribution < -0.4 is 10.5 Å². The van der Waals surface area contributed by atoms with Gasteiger partial charge in [-0.1, -0.05) is 41.9 Å². The van der Waals surface area contributed by atoms with Gasteiger partial charge in [-0.05, 0) is 23.8 Å². The van der Waals surface area contributed by atoms with Crippen molar-refractivity contribution in [1.82, 2.24) is 0 Å². The first-order valence-corrected chi connectivity index (χ1v) is 6.81. The molecule has 0 aliphatic heterocycles. The first kappa shape index (κ1) is 14.9. The molecule has 2 N–H and O–H groups in total. The highest BCUT2D eigenvalue weighted by atomic mass is 35.5. The lowest BCUT2D eigenvalue weighted by Gasteiger charge is -2.17. The quantitative estimate of drug-likeness (QED) is 0.885. The minimum absolute atomic E-state index is 0.203. The van der Waals surface area contributed by atoms with Crippen LogP contribution in [0.2, 0.25) is 5.02 Å². The summed E-state index contributed by atoms with van der Waals surface area (Å²) in [6.45, 7) is 0.872. The Labute approximate surface area is 124 Å². The van der Waals surface area contributed by atoms with Gasteiger partial charge in [0.1, 0.15) is 5.75 Å². The van der Waals surface area contributed by atoms with Gasteiger partial charge in [-0.2, -0.15) is 0 Å². The average molecular weight is 292 g/mol. The van der Waals surface area contributed by atoms with Crippen molar-refractivity contribution in [3.63, 3.8) is 0 Å². The van der Waals surface area contributed by atoms with Crippen molar-refractivity contribution in [2.24, 2.45) is 5.73 Å². The Kier molecular flexibility index (Phi) is 5.41. The molecular formula is C16H18ClNO2. The van der Waals surface area contributed by atoms with Crippen LogP contribution in [-0.2, 0) is 11.3 Å². The molecule has 4 heteroatoms. The molecule has 0 fully saturated rings. The van der Waals surface area contributed by atoms with E-state index in [0.29, 0.717) is 18.2 Å². The van der Waals surface area contributed by atoms with Gasteiger partial charge in [0.05, 0.1) is 19.8 Å². The molecule has 0 amide bonds. The number of halogens is 1. The first-order chi connectivity index (χ1) is 9.74. The summed E-state index contributed by atoms with van der Waals surface area (Å²) in [4.78, 5) is 0. The molecule has 3 nitrogen and oxygen atoms in total. The number of hydrogen-bond donors (Lipinski definition) is 1. The van der Waals surface area contributed by atoms with Crippen LogP contribution >= 0.6 is 11.6 Å². The summed E-state index contributed by atoms with van der Waals surface area (Å²) in [5.41, 5.74) is 7.77. The lowest BCUT2D eigenvalue weighted by molar-refractivity contribution is 0.0457. The minimum atomic E-state index is -0.203.